The Morgan fingerprint density at radius 3 is 2.32 bits per heavy atom. The van der Waals surface area contributed by atoms with Gasteiger partial charge in [-0.1, -0.05) is 31.2 Å². The predicted octanol–water partition coefficient (Wildman–Crippen LogP) is 2.22. The number of ether oxygens (including phenoxy) is 1. The Morgan fingerprint density at radius 2 is 1.76 bits per heavy atom. The van der Waals surface area contributed by atoms with Crippen molar-refractivity contribution in [3.63, 3.8) is 0 Å². The number of nitrogens with one attached hydrogen (secondary N) is 1. The molecule has 0 saturated carbocycles. The summed E-state index contributed by atoms with van der Waals surface area (Å²) < 4.78 is 31.4. The van der Waals surface area contributed by atoms with Gasteiger partial charge in [-0.25, -0.2) is 8.42 Å². The van der Waals surface area contributed by atoms with Crippen LogP contribution >= 0.6 is 0 Å². The van der Waals surface area contributed by atoms with Gasteiger partial charge < -0.3 is 15.0 Å². The lowest BCUT2D eigenvalue weighted by molar-refractivity contribution is -0.140. The SMILES string of the molecule is CC[C@@H](C(=O)NC)N(Cc1cccc(OC)c1)C(=O)CN(c1cccc(C(C)=O)c1)S(C)(=O)=O. The van der Waals surface area contributed by atoms with E-state index >= 15 is 0 Å². The number of sulfonamides is 1. The molecule has 0 saturated heterocycles. The first-order chi connectivity index (χ1) is 16.0. The van der Waals surface area contributed by atoms with Gasteiger partial charge in [-0.3, -0.25) is 18.7 Å². The number of nitrogens with zero attached hydrogens (tertiary/aromatic N) is 2. The standard InChI is InChI=1S/C24H31N3O6S/c1-6-22(24(30)25-3)26(15-18-9-7-12-21(13-18)33-4)23(29)16-27(34(5,31)32)20-11-8-10-19(14-20)17(2)28/h7-14,22H,6,15-16H2,1-5H3,(H,25,30)/t22-/m0/s1. The highest BCUT2D eigenvalue weighted by Crippen LogP contribution is 2.22. The normalized spacial score (nSPS) is 11.9. The van der Waals surface area contributed by atoms with Gasteiger partial charge >= 0.3 is 0 Å². The Balaban J connectivity index is 2.47. The summed E-state index contributed by atoms with van der Waals surface area (Å²) in [6.45, 7) is 2.70. The van der Waals surface area contributed by atoms with Crippen LogP contribution < -0.4 is 14.4 Å². The number of rotatable bonds is 11. The summed E-state index contributed by atoms with van der Waals surface area (Å²) in [7, 11) is -0.867. The molecule has 0 aliphatic carbocycles. The zero-order valence-corrected chi connectivity index (χ0v) is 20.9. The molecule has 0 radical (unpaired) electrons. The van der Waals surface area contributed by atoms with Crippen LogP contribution in [0.15, 0.2) is 48.5 Å². The Labute approximate surface area is 200 Å². The van der Waals surface area contributed by atoms with Crippen molar-refractivity contribution in [3.8, 4) is 5.75 Å². The fraction of sp³-hybridized carbons (Fsp3) is 0.375. The largest absolute Gasteiger partial charge is 0.497 e. The van der Waals surface area contributed by atoms with Gasteiger partial charge in [0.1, 0.15) is 18.3 Å². The van der Waals surface area contributed by atoms with Crippen LogP contribution in [0, 0.1) is 0 Å². The second-order valence-electron chi connectivity index (χ2n) is 7.79. The maximum absolute atomic E-state index is 13.5. The van der Waals surface area contributed by atoms with E-state index < -0.39 is 28.5 Å². The molecule has 10 heteroatoms. The van der Waals surface area contributed by atoms with Crippen molar-refractivity contribution in [2.24, 2.45) is 0 Å². The number of carbonyl (C=O) groups is 3. The molecule has 0 aromatic heterocycles. The first-order valence-electron chi connectivity index (χ1n) is 10.7. The number of amides is 2. The summed E-state index contributed by atoms with van der Waals surface area (Å²) in [5, 5.41) is 2.57. The maximum atomic E-state index is 13.5. The highest BCUT2D eigenvalue weighted by atomic mass is 32.2. The summed E-state index contributed by atoms with van der Waals surface area (Å²) >= 11 is 0. The van der Waals surface area contributed by atoms with Gasteiger partial charge in [0.2, 0.25) is 21.8 Å². The Morgan fingerprint density at radius 1 is 1.09 bits per heavy atom. The average Bonchev–Trinajstić information content (AvgIpc) is 2.81. The molecule has 2 rings (SSSR count). The molecule has 0 aliphatic heterocycles. The van der Waals surface area contributed by atoms with E-state index in [9.17, 15) is 22.8 Å². The van der Waals surface area contributed by atoms with E-state index in [0.717, 1.165) is 16.1 Å². The van der Waals surface area contributed by atoms with Gasteiger partial charge in [0, 0.05) is 19.2 Å². The number of Topliss-reactive ketones (excluding diaryl/α,β-unsaturated/α-hetero) is 1. The number of hydrogen-bond acceptors (Lipinski definition) is 6. The van der Waals surface area contributed by atoms with E-state index in [0.29, 0.717) is 17.7 Å². The van der Waals surface area contributed by atoms with Crippen molar-refractivity contribution >= 4 is 33.3 Å². The number of methoxy groups -OCH3 is 1. The quantitative estimate of drug-likeness (QED) is 0.484. The molecule has 0 bridgehead atoms. The monoisotopic (exact) mass is 489 g/mol. The number of anilines is 1. The minimum atomic E-state index is -3.88. The molecule has 0 aliphatic rings. The number of carbonyl (C=O) groups excluding carboxylic acids is 3. The van der Waals surface area contributed by atoms with E-state index in [4.69, 9.17) is 4.74 Å². The lowest BCUT2D eigenvalue weighted by Crippen LogP contribution is -2.51. The molecule has 0 heterocycles. The molecule has 2 aromatic carbocycles. The van der Waals surface area contributed by atoms with Crippen molar-refractivity contribution < 1.29 is 27.5 Å². The molecule has 0 unspecified atom stereocenters. The average molecular weight is 490 g/mol. The van der Waals surface area contributed by atoms with E-state index in [2.05, 4.69) is 5.32 Å². The van der Waals surface area contributed by atoms with Crippen LogP contribution in [0.4, 0.5) is 5.69 Å². The van der Waals surface area contributed by atoms with E-state index in [1.807, 2.05) is 0 Å². The fourth-order valence-corrected chi connectivity index (χ4v) is 4.39. The third-order valence-electron chi connectivity index (χ3n) is 5.34. The van der Waals surface area contributed by atoms with Gasteiger partial charge in [0.25, 0.3) is 0 Å². The van der Waals surface area contributed by atoms with Gasteiger partial charge in [-0.15, -0.1) is 0 Å². The summed E-state index contributed by atoms with van der Waals surface area (Å²) in [6, 6.07) is 12.3. The second kappa shape index (κ2) is 11.6. The fourth-order valence-electron chi connectivity index (χ4n) is 3.55. The zero-order chi connectivity index (χ0) is 25.5. The summed E-state index contributed by atoms with van der Waals surface area (Å²) in [5.41, 5.74) is 1.24. The summed E-state index contributed by atoms with van der Waals surface area (Å²) in [5.74, 6) is -0.552. The molecule has 2 aromatic rings. The highest BCUT2D eigenvalue weighted by molar-refractivity contribution is 7.92. The van der Waals surface area contributed by atoms with E-state index in [-0.39, 0.29) is 23.9 Å². The lowest BCUT2D eigenvalue weighted by atomic mass is 10.1. The molecule has 34 heavy (non-hydrogen) atoms. The van der Waals surface area contributed by atoms with Crippen LogP contribution in [0.3, 0.4) is 0 Å². The van der Waals surface area contributed by atoms with Crippen LogP contribution in [-0.2, 0) is 26.2 Å². The van der Waals surface area contributed by atoms with E-state index in [1.165, 1.54) is 38.1 Å². The molecular weight excluding hydrogens is 458 g/mol. The predicted molar refractivity (Wildman–Crippen MR) is 130 cm³/mol. The Kier molecular flexibility index (Phi) is 9.19. The summed E-state index contributed by atoms with van der Waals surface area (Å²) in [4.78, 5) is 39.2. The van der Waals surface area contributed by atoms with Crippen LogP contribution in [0.1, 0.15) is 36.2 Å². The first kappa shape index (κ1) is 26.8. The molecule has 0 fully saturated rings. The van der Waals surface area contributed by atoms with Crippen LogP contribution in [0.25, 0.3) is 0 Å². The highest BCUT2D eigenvalue weighted by Gasteiger charge is 2.31. The molecule has 0 spiro atoms. The minimum absolute atomic E-state index is 0.0764. The van der Waals surface area contributed by atoms with Crippen LogP contribution in [0.2, 0.25) is 0 Å². The van der Waals surface area contributed by atoms with Crippen molar-refractivity contribution in [2.45, 2.75) is 32.9 Å². The number of hydrogen-bond donors (Lipinski definition) is 1. The van der Waals surface area contributed by atoms with Crippen molar-refractivity contribution in [1.29, 1.82) is 0 Å². The van der Waals surface area contributed by atoms with Gasteiger partial charge in [-0.05, 0) is 43.2 Å². The van der Waals surface area contributed by atoms with Gasteiger partial charge in [0.05, 0.1) is 19.1 Å². The molecule has 9 nitrogen and oxygen atoms in total. The summed E-state index contributed by atoms with van der Waals surface area (Å²) in [6.07, 6.45) is 1.32. The van der Waals surface area contributed by atoms with Crippen molar-refractivity contribution in [2.75, 3.05) is 31.3 Å². The first-order valence-corrected chi connectivity index (χ1v) is 12.6. The smallest absolute Gasteiger partial charge is 0.244 e. The van der Waals surface area contributed by atoms with Crippen LogP contribution in [0.5, 0.6) is 5.75 Å². The number of likely N-dealkylation sites (N-methyl/N-ethyl adjacent to an activating group) is 1. The molecule has 1 atom stereocenters. The molecular formula is C24H31N3O6S. The second-order valence-corrected chi connectivity index (χ2v) is 9.69. The molecule has 184 valence electrons. The number of ketones is 1. The van der Waals surface area contributed by atoms with Crippen molar-refractivity contribution in [3.05, 3.63) is 59.7 Å². The van der Waals surface area contributed by atoms with E-state index in [1.54, 1.807) is 43.3 Å². The molecule has 1 N–H and O–H groups in total. The van der Waals surface area contributed by atoms with Gasteiger partial charge in [0.15, 0.2) is 5.78 Å². The van der Waals surface area contributed by atoms with Crippen molar-refractivity contribution in [1.82, 2.24) is 10.2 Å². The third kappa shape index (κ3) is 6.80. The Bertz CT molecular complexity index is 1150. The number of benzene rings is 2. The van der Waals surface area contributed by atoms with Crippen LogP contribution in [-0.4, -0.2) is 63.9 Å². The maximum Gasteiger partial charge on any atom is 0.244 e. The lowest BCUT2D eigenvalue weighted by Gasteiger charge is -2.32. The minimum Gasteiger partial charge on any atom is -0.497 e. The third-order valence-corrected chi connectivity index (χ3v) is 6.48. The topological polar surface area (TPSA) is 113 Å². The van der Waals surface area contributed by atoms with Gasteiger partial charge in [-0.2, -0.15) is 0 Å². The zero-order valence-electron chi connectivity index (χ0n) is 20.1. The Hall–Kier alpha value is -3.40. The molecule has 2 amide bonds.